The van der Waals surface area contributed by atoms with E-state index in [0.717, 1.165) is 69.6 Å². The summed E-state index contributed by atoms with van der Waals surface area (Å²) < 4.78 is 16.8. The Kier molecular flexibility index (Phi) is 45.7. The fourth-order valence-corrected chi connectivity index (χ4v) is 8.13. The zero-order valence-corrected chi connectivity index (χ0v) is 41.1. The molecule has 0 bridgehead atoms. The SMILES string of the molecule is CCCCCCCCCCCCCCCCCCCC(=O)O[C@@H](COC(=O)CCCCCCCCCCCCCCC(C)C)COC(=O)CCCCCCCCC(C)CC. The molecule has 0 aromatic carbocycles. The molecule has 1 unspecified atom stereocenters. The molecule has 0 radical (unpaired) electrons. The van der Waals surface area contributed by atoms with Crippen molar-refractivity contribution in [3.05, 3.63) is 0 Å². The van der Waals surface area contributed by atoms with E-state index >= 15 is 0 Å². The lowest BCUT2D eigenvalue weighted by Gasteiger charge is -2.18. The maximum absolute atomic E-state index is 12.8. The molecule has 0 aliphatic heterocycles. The average molecular weight is 849 g/mol. The first kappa shape index (κ1) is 58.4. The van der Waals surface area contributed by atoms with Gasteiger partial charge in [0.05, 0.1) is 0 Å². The highest BCUT2D eigenvalue weighted by Crippen LogP contribution is 2.18. The Morgan fingerprint density at radius 3 is 0.950 bits per heavy atom. The van der Waals surface area contributed by atoms with Crippen LogP contribution in [-0.2, 0) is 28.6 Å². The molecule has 0 aromatic heterocycles. The van der Waals surface area contributed by atoms with Crippen LogP contribution in [0.25, 0.3) is 0 Å². The minimum Gasteiger partial charge on any atom is -0.462 e. The van der Waals surface area contributed by atoms with Crippen LogP contribution in [0, 0.1) is 11.8 Å². The summed E-state index contributed by atoms with van der Waals surface area (Å²) in [6.45, 7) is 11.4. The number of unbranched alkanes of at least 4 members (excludes halogenated alkanes) is 32. The third-order valence-corrected chi connectivity index (χ3v) is 12.6. The maximum atomic E-state index is 12.8. The Bertz CT molecular complexity index is 918. The molecule has 0 N–H and O–H groups in total. The Labute approximate surface area is 374 Å². The second-order valence-electron chi connectivity index (χ2n) is 19.2. The largest absolute Gasteiger partial charge is 0.462 e. The molecule has 0 saturated heterocycles. The molecule has 0 rings (SSSR count). The van der Waals surface area contributed by atoms with Crippen molar-refractivity contribution in [3.8, 4) is 0 Å². The van der Waals surface area contributed by atoms with Crippen LogP contribution in [0.5, 0.6) is 0 Å². The molecular weight excluding hydrogens is 745 g/mol. The van der Waals surface area contributed by atoms with Crippen LogP contribution >= 0.6 is 0 Å². The van der Waals surface area contributed by atoms with Crippen molar-refractivity contribution in [2.24, 2.45) is 11.8 Å². The van der Waals surface area contributed by atoms with Crippen molar-refractivity contribution in [2.45, 2.75) is 304 Å². The van der Waals surface area contributed by atoms with Crippen molar-refractivity contribution in [2.75, 3.05) is 13.2 Å². The molecule has 356 valence electrons. The van der Waals surface area contributed by atoms with E-state index in [1.807, 2.05) is 0 Å². The molecule has 2 atom stereocenters. The highest BCUT2D eigenvalue weighted by molar-refractivity contribution is 5.71. The molecule has 0 aliphatic carbocycles. The van der Waals surface area contributed by atoms with E-state index in [4.69, 9.17) is 14.2 Å². The summed E-state index contributed by atoms with van der Waals surface area (Å²) in [5, 5.41) is 0. The van der Waals surface area contributed by atoms with E-state index in [2.05, 4.69) is 34.6 Å². The van der Waals surface area contributed by atoms with Crippen LogP contribution in [0.4, 0.5) is 0 Å². The molecule has 0 saturated carbocycles. The van der Waals surface area contributed by atoms with Gasteiger partial charge >= 0.3 is 17.9 Å². The van der Waals surface area contributed by atoms with Gasteiger partial charge in [-0.1, -0.05) is 259 Å². The van der Waals surface area contributed by atoms with Gasteiger partial charge in [0.25, 0.3) is 0 Å². The lowest BCUT2D eigenvalue weighted by Crippen LogP contribution is -2.30. The van der Waals surface area contributed by atoms with Crippen molar-refractivity contribution in [3.63, 3.8) is 0 Å². The van der Waals surface area contributed by atoms with Gasteiger partial charge in [0.15, 0.2) is 6.10 Å². The monoisotopic (exact) mass is 849 g/mol. The summed E-state index contributed by atoms with van der Waals surface area (Å²) in [5.41, 5.74) is 0. The second kappa shape index (κ2) is 46.9. The number of esters is 3. The number of hydrogen-bond acceptors (Lipinski definition) is 6. The van der Waals surface area contributed by atoms with Gasteiger partial charge in [0.2, 0.25) is 0 Å². The number of ether oxygens (including phenoxy) is 3. The normalized spacial score (nSPS) is 12.5. The molecule has 0 aromatic rings. The van der Waals surface area contributed by atoms with Crippen molar-refractivity contribution < 1.29 is 28.6 Å². The molecule has 0 amide bonds. The Morgan fingerprint density at radius 1 is 0.350 bits per heavy atom. The zero-order chi connectivity index (χ0) is 44.0. The van der Waals surface area contributed by atoms with Crippen LogP contribution in [0.3, 0.4) is 0 Å². The standard InChI is InChI=1S/C54H104O6/c1-6-8-9-10-11-12-13-14-15-16-17-18-23-26-29-36-41-46-54(57)60-51(48-59-53(56)45-40-35-31-30-33-38-43-50(5)7-2)47-58-52(55)44-39-34-28-25-22-20-19-21-24-27-32-37-42-49(3)4/h49-51H,6-48H2,1-5H3/t50?,51-/m0/s1. The van der Waals surface area contributed by atoms with Gasteiger partial charge in [-0.3, -0.25) is 14.4 Å². The van der Waals surface area contributed by atoms with Gasteiger partial charge < -0.3 is 14.2 Å². The minimum atomic E-state index is -0.762. The average Bonchev–Trinajstić information content (AvgIpc) is 3.23. The first-order valence-corrected chi connectivity index (χ1v) is 26.8. The van der Waals surface area contributed by atoms with Gasteiger partial charge in [0, 0.05) is 19.3 Å². The highest BCUT2D eigenvalue weighted by Gasteiger charge is 2.19. The summed E-state index contributed by atoms with van der Waals surface area (Å²) in [7, 11) is 0. The van der Waals surface area contributed by atoms with Gasteiger partial charge in [-0.05, 0) is 31.1 Å². The molecule has 0 spiro atoms. The maximum Gasteiger partial charge on any atom is 0.306 e. The Hall–Kier alpha value is -1.59. The molecule has 0 aliphatic rings. The Balaban J connectivity index is 4.28. The van der Waals surface area contributed by atoms with E-state index < -0.39 is 6.10 Å². The molecule has 60 heavy (non-hydrogen) atoms. The predicted molar refractivity (Wildman–Crippen MR) is 256 cm³/mol. The summed E-state index contributed by atoms with van der Waals surface area (Å²) >= 11 is 0. The van der Waals surface area contributed by atoms with E-state index in [9.17, 15) is 14.4 Å². The van der Waals surface area contributed by atoms with Crippen molar-refractivity contribution in [1.82, 2.24) is 0 Å². The topological polar surface area (TPSA) is 78.9 Å². The Morgan fingerprint density at radius 2 is 0.633 bits per heavy atom. The third kappa shape index (κ3) is 45.9. The fourth-order valence-electron chi connectivity index (χ4n) is 8.13. The summed E-state index contributed by atoms with van der Waals surface area (Å²) in [6, 6.07) is 0. The molecule has 6 heteroatoms. The van der Waals surface area contributed by atoms with Crippen LogP contribution in [0.1, 0.15) is 298 Å². The summed E-state index contributed by atoms with van der Waals surface area (Å²) in [6.07, 6.45) is 48.1. The van der Waals surface area contributed by atoms with Gasteiger partial charge in [-0.2, -0.15) is 0 Å². The number of carbonyl (C=O) groups excluding carboxylic acids is 3. The van der Waals surface area contributed by atoms with E-state index in [1.54, 1.807) is 0 Å². The number of carbonyl (C=O) groups is 3. The molecule has 6 nitrogen and oxygen atoms in total. The van der Waals surface area contributed by atoms with Crippen LogP contribution in [0.15, 0.2) is 0 Å². The lowest BCUT2D eigenvalue weighted by molar-refractivity contribution is -0.167. The fraction of sp³-hybridized carbons (Fsp3) is 0.944. The first-order valence-electron chi connectivity index (χ1n) is 26.8. The van der Waals surface area contributed by atoms with E-state index in [0.29, 0.717) is 19.3 Å². The van der Waals surface area contributed by atoms with Crippen LogP contribution < -0.4 is 0 Å². The number of rotatable bonds is 48. The van der Waals surface area contributed by atoms with Crippen LogP contribution in [-0.4, -0.2) is 37.2 Å². The van der Waals surface area contributed by atoms with Crippen LogP contribution in [0.2, 0.25) is 0 Å². The van der Waals surface area contributed by atoms with Crippen molar-refractivity contribution >= 4 is 17.9 Å². The van der Waals surface area contributed by atoms with Gasteiger partial charge in [0.1, 0.15) is 13.2 Å². The van der Waals surface area contributed by atoms with E-state index in [-0.39, 0.29) is 31.1 Å². The molecule has 0 fully saturated rings. The quantitative estimate of drug-likeness (QED) is 0.0345. The van der Waals surface area contributed by atoms with Crippen molar-refractivity contribution in [1.29, 1.82) is 0 Å². The molecule has 0 heterocycles. The van der Waals surface area contributed by atoms with E-state index in [1.165, 1.54) is 186 Å². The smallest absolute Gasteiger partial charge is 0.306 e. The lowest BCUT2D eigenvalue weighted by atomic mass is 10.00. The summed E-state index contributed by atoms with van der Waals surface area (Å²) in [4.78, 5) is 38.0. The summed E-state index contributed by atoms with van der Waals surface area (Å²) in [5.74, 6) is 0.799. The molecular formula is C54H104O6. The first-order chi connectivity index (χ1) is 29.3. The zero-order valence-electron chi connectivity index (χ0n) is 41.1. The van der Waals surface area contributed by atoms with Gasteiger partial charge in [-0.25, -0.2) is 0 Å². The highest BCUT2D eigenvalue weighted by atomic mass is 16.6. The third-order valence-electron chi connectivity index (χ3n) is 12.6. The minimum absolute atomic E-state index is 0.0642. The number of hydrogen-bond donors (Lipinski definition) is 0. The van der Waals surface area contributed by atoms with Gasteiger partial charge in [-0.15, -0.1) is 0 Å². The second-order valence-corrected chi connectivity index (χ2v) is 19.2. The predicted octanol–water partition coefficient (Wildman–Crippen LogP) is 17.3.